The van der Waals surface area contributed by atoms with Crippen molar-refractivity contribution >= 4 is 17.4 Å². The highest BCUT2D eigenvalue weighted by Crippen LogP contribution is 2.19. The summed E-state index contributed by atoms with van der Waals surface area (Å²) in [5.41, 5.74) is -0.0863. The molecule has 4 nitrogen and oxygen atoms in total. The van der Waals surface area contributed by atoms with E-state index in [-0.39, 0.29) is 5.41 Å². The smallest absolute Gasteiger partial charge is 0.220 e. The Labute approximate surface area is 86.9 Å². The molecule has 0 unspecified atom stereocenters. The molecule has 0 fully saturated rings. The van der Waals surface area contributed by atoms with Crippen molar-refractivity contribution in [1.82, 2.24) is 19.6 Å². The van der Waals surface area contributed by atoms with Crippen molar-refractivity contribution in [3.8, 4) is 0 Å². The van der Waals surface area contributed by atoms with Crippen LogP contribution in [0.3, 0.4) is 0 Å². The van der Waals surface area contributed by atoms with E-state index >= 15 is 0 Å². The molecular formula is C9H11ClN4. The Bertz CT molecular complexity index is 469. The molecule has 0 N–H and O–H groups in total. The van der Waals surface area contributed by atoms with Crippen molar-refractivity contribution < 1.29 is 0 Å². The molecule has 0 saturated heterocycles. The first-order valence-corrected chi connectivity index (χ1v) is 4.74. The van der Waals surface area contributed by atoms with E-state index in [2.05, 4.69) is 35.8 Å². The van der Waals surface area contributed by atoms with Gasteiger partial charge in [-0.05, 0) is 6.07 Å². The number of halogens is 1. The van der Waals surface area contributed by atoms with E-state index in [0.717, 1.165) is 5.82 Å². The first-order valence-electron chi connectivity index (χ1n) is 4.36. The molecule has 14 heavy (non-hydrogen) atoms. The maximum Gasteiger partial charge on any atom is 0.253 e. The molecule has 2 aromatic rings. The molecule has 2 aromatic heterocycles. The van der Waals surface area contributed by atoms with Crippen molar-refractivity contribution in [3.05, 3.63) is 23.2 Å². The van der Waals surface area contributed by atoms with Gasteiger partial charge < -0.3 is 0 Å². The first-order chi connectivity index (χ1) is 6.48. The lowest BCUT2D eigenvalue weighted by Gasteiger charge is -2.11. The normalized spacial score (nSPS) is 12.3. The van der Waals surface area contributed by atoms with E-state index in [9.17, 15) is 0 Å². The molecule has 0 amide bonds. The molecule has 0 aromatic carbocycles. The van der Waals surface area contributed by atoms with Crippen molar-refractivity contribution in [2.24, 2.45) is 0 Å². The number of hydrogen-bond donors (Lipinski definition) is 0. The highest BCUT2D eigenvalue weighted by molar-refractivity contribution is 6.29. The Morgan fingerprint density at radius 3 is 2.64 bits per heavy atom. The zero-order valence-electron chi connectivity index (χ0n) is 8.32. The van der Waals surface area contributed by atoms with Crippen molar-refractivity contribution in [2.45, 2.75) is 26.2 Å². The van der Waals surface area contributed by atoms with Gasteiger partial charge in [0.25, 0.3) is 5.78 Å². The Morgan fingerprint density at radius 2 is 2.07 bits per heavy atom. The molecule has 0 aliphatic heterocycles. The minimum absolute atomic E-state index is 0.0863. The molecule has 2 rings (SSSR count). The van der Waals surface area contributed by atoms with Gasteiger partial charge in [-0.2, -0.15) is 9.50 Å². The van der Waals surface area contributed by atoms with Crippen LogP contribution >= 0.6 is 11.6 Å². The molecule has 2 heterocycles. The van der Waals surface area contributed by atoms with Crippen LogP contribution in [0.4, 0.5) is 0 Å². The monoisotopic (exact) mass is 210 g/mol. The van der Waals surface area contributed by atoms with Crippen LogP contribution in [0.5, 0.6) is 0 Å². The highest BCUT2D eigenvalue weighted by atomic mass is 35.5. The van der Waals surface area contributed by atoms with Gasteiger partial charge in [-0.3, -0.25) is 0 Å². The predicted molar refractivity (Wildman–Crippen MR) is 54.5 cm³/mol. The SMILES string of the molecule is CC(C)(C)c1nc2nccc(Cl)n2n1. The van der Waals surface area contributed by atoms with Gasteiger partial charge in [-0.15, -0.1) is 5.10 Å². The molecule has 74 valence electrons. The molecular weight excluding hydrogens is 200 g/mol. The van der Waals surface area contributed by atoms with E-state index in [1.54, 1.807) is 16.8 Å². The Kier molecular flexibility index (Phi) is 1.96. The molecule has 0 radical (unpaired) electrons. The Morgan fingerprint density at radius 1 is 1.36 bits per heavy atom. The predicted octanol–water partition coefficient (Wildman–Crippen LogP) is 2.08. The van der Waals surface area contributed by atoms with Crippen LogP contribution in [-0.4, -0.2) is 19.6 Å². The zero-order chi connectivity index (χ0) is 10.3. The number of hydrogen-bond acceptors (Lipinski definition) is 3. The summed E-state index contributed by atoms with van der Waals surface area (Å²) in [5, 5.41) is 4.82. The van der Waals surface area contributed by atoms with Gasteiger partial charge in [0.2, 0.25) is 0 Å². The summed E-state index contributed by atoms with van der Waals surface area (Å²) < 4.78 is 1.54. The number of nitrogens with zero attached hydrogens (tertiary/aromatic N) is 4. The van der Waals surface area contributed by atoms with E-state index in [1.807, 2.05) is 0 Å². The summed E-state index contributed by atoms with van der Waals surface area (Å²) in [4.78, 5) is 8.38. The number of rotatable bonds is 0. The van der Waals surface area contributed by atoms with Crippen LogP contribution in [0.15, 0.2) is 12.3 Å². The van der Waals surface area contributed by atoms with Gasteiger partial charge in [-0.1, -0.05) is 32.4 Å². The van der Waals surface area contributed by atoms with Gasteiger partial charge in [0.05, 0.1) is 0 Å². The van der Waals surface area contributed by atoms with Crippen LogP contribution in [0.2, 0.25) is 5.15 Å². The fourth-order valence-electron chi connectivity index (χ4n) is 1.08. The van der Waals surface area contributed by atoms with Crippen LogP contribution in [0.1, 0.15) is 26.6 Å². The average Bonchev–Trinajstić information content (AvgIpc) is 2.48. The van der Waals surface area contributed by atoms with Crippen LogP contribution in [0, 0.1) is 0 Å². The van der Waals surface area contributed by atoms with Crippen LogP contribution in [-0.2, 0) is 5.41 Å². The van der Waals surface area contributed by atoms with Gasteiger partial charge >= 0.3 is 0 Å². The quantitative estimate of drug-likeness (QED) is 0.626. The van der Waals surface area contributed by atoms with Crippen LogP contribution in [0.25, 0.3) is 5.78 Å². The maximum absolute atomic E-state index is 5.94. The Balaban J connectivity index is 2.69. The molecule has 5 heteroatoms. The van der Waals surface area contributed by atoms with E-state index < -0.39 is 0 Å². The first kappa shape index (κ1) is 9.40. The van der Waals surface area contributed by atoms with Gasteiger partial charge in [0.1, 0.15) is 5.15 Å². The summed E-state index contributed by atoms with van der Waals surface area (Å²) in [6.07, 6.45) is 1.62. The fourth-order valence-corrected chi connectivity index (χ4v) is 1.25. The van der Waals surface area contributed by atoms with Gasteiger partial charge in [0, 0.05) is 11.6 Å². The van der Waals surface area contributed by atoms with E-state index in [4.69, 9.17) is 11.6 Å². The minimum Gasteiger partial charge on any atom is -0.220 e. The van der Waals surface area contributed by atoms with Crippen molar-refractivity contribution in [1.29, 1.82) is 0 Å². The fraction of sp³-hybridized carbons (Fsp3) is 0.444. The van der Waals surface area contributed by atoms with Crippen molar-refractivity contribution in [2.75, 3.05) is 0 Å². The molecule has 0 aliphatic rings. The number of aromatic nitrogens is 4. The highest BCUT2D eigenvalue weighted by Gasteiger charge is 2.20. The van der Waals surface area contributed by atoms with E-state index in [0.29, 0.717) is 10.9 Å². The third kappa shape index (κ3) is 1.46. The second-order valence-corrected chi connectivity index (χ2v) is 4.55. The largest absolute Gasteiger partial charge is 0.253 e. The lowest BCUT2D eigenvalue weighted by atomic mass is 9.96. The molecule has 0 aliphatic carbocycles. The van der Waals surface area contributed by atoms with Crippen molar-refractivity contribution in [3.63, 3.8) is 0 Å². The molecule has 0 bridgehead atoms. The van der Waals surface area contributed by atoms with Gasteiger partial charge in [0.15, 0.2) is 5.82 Å². The van der Waals surface area contributed by atoms with E-state index in [1.165, 1.54) is 0 Å². The summed E-state index contributed by atoms with van der Waals surface area (Å²) in [6.45, 7) is 6.15. The molecule has 0 spiro atoms. The topological polar surface area (TPSA) is 43.1 Å². The van der Waals surface area contributed by atoms with Crippen LogP contribution < -0.4 is 0 Å². The Hall–Kier alpha value is -1.16. The van der Waals surface area contributed by atoms with Gasteiger partial charge in [-0.25, -0.2) is 4.98 Å². The molecule has 0 saturated carbocycles. The molecule has 0 atom stereocenters. The third-order valence-electron chi connectivity index (χ3n) is 1.87. The second-order valence-electron chi connectivity index (χ2n) is 4.16. The second kappa shape index (κ2) is 2.92. The lowest BCUT2D eigenvalue weighted by Crippen LogP contribution is -2.13. The lowest BCUT2D eigenvalue weighted by molar-refractivity contribution is 0.545. The summed E-state index contributed by atoms with van der Waals surface area (Å²) in [5.74, 6) is 1.29. The summed E-state index contributed by atoms with van der Waals surface area (Å²) in [7, 11) is 0. The zero-order valence-corrected chi connectivity index (χ0v) is 9.08. The number of fused-ring (bicyclic) bond motifs is 1. The average molecular weight is 211 g/mol. The standard InChI is InChI=1S/C9H11ClN4/c1-9(2,3)7-12-8-11-5-4-6(10)14(8)13-7/h4-5H,1-3H3. The summed E-state index contributed by atoms with van der Waals surface area (Å²) in [6, 6.07) is 1.69. The summed E-state index contributed by atoms with van der Waals surface area (Å²) >= 11 is 5.94. The third-order valence-corrected chi connectivity index (χ3v) is 2.15. The minimum atomic E-state index is -0.0863. The maximum atomic E-state index is 5.94.